The molecule has 0 aromatic heterocycles. The summed E-state index contributed by atoms with van der Waals surface area (Å²) in [6.45, 7) is 8.03. The van der Waals surface area contributed by atoms with Gasteiger partial charge in [-0.15, -0.1) is 0 Å². The third-order valence-electron chi connectivity index (χ3n) is 5.11. The lowest BCUT2D eigenvalue weighted by Gasteiger charge is -2.44. The Labute approximate surface area is 156 Å². The second kappa shape index (κ2) is 8.67. The Morgan fingerprint density at radius 1 is 1.15 bits per heavy atom. The van der Waals surface area contributed by atoms with E-state index in [1.54, 1.807) is 13.8 Å². The molecule has 26 heavy (non-hydrogen) atoms. The lowest BCUT2D eigenvalue weighted by atomic mass is 9.85. The molecule has 0 radical (unpaired) electrons. The van der Waals surface area contributed by atoms with Crippen LogP contribution in [0.3, 0.4) is 0 Å². The predicted molar refractivity (Wildman–Crippen MR) is 97.3 cm³/mol. The van der Waals surface area contributed by atoms with E-state index in [4.69, 9.17) is 9.47 Å². The third kappa shape index (κ3) is 5.93. The quantitative estimate of drug-likeness (QED) is 0.658. The van der Waals surface area contributed by atoms with Crippen LogP contribution in [-0.4, -0.2) is 54.1 Å². The zero-order chi connectivity index (χ0) is 19.4. The van der Waals surface area contributed by atoms with Gasteiger partial charge in [-0.1, -0.05) is 33.1 Å². The van der Waals surface area contributed by atoms with Crippen LogP contribution in [0.1, 0.15) is 66.2 Å². The average Bonchev–Trinajstić information content (AvgIpc) is 2.58. The molecule has 0 aromatic rings. The van der Waals surface area contributed by atoms with Crippen molar-refractivity contribution >= 4 is 11.8 Å². The Morgan fingerprint density at radius 3 is 2.46 bits per heavy atom. The summed E-state index contributed by atoms with van der Waals surface area (Å²) < 4.78 is 11.4. The number of nitrogens with one attached hydrogen (secondary N) is 2. The first kappa shape index (κ1) is 21.1. The van der Waals surface area contributed by atoms with Crippen LogP contribution in [0.5, 0.6) is 0 Å². The highest BCUT2D eigenvalue weighted by Gasteiger charge is 2.45. The standard InChI is InChI=1S/C19H34N2O5/c1-18(2)12-25-19(3,4)26-15(18)17(24)20-11-10-14(22)16(23)21-13-8-6-5-7-9-13/h13-15,22H,5-12H2,1-4H3,(H,20,24)(H,21,23)/t14-,15+/m1/s1. The molecule has 0 bridgehead atoms. The van der Waals surface area contributed by atoms with Crippen LogP contribution >= 0.6 is 0 Å². The molecule has 2 amide bonds. The molecule has 3 N–H and O–H groups in total. The topological polar surface area (TPSA) is 96.9 Å². The molecule has 0 spiro atoms. The fourth-order valence-electron chi connectivity index (χ4n) is 3.42. The molecule has 1 saturated heterocycles. The fourth-order valence-corrected chi connectivity index (χ4v) is 3.42. The summed E-state index contributed by atoms with van der Waals surface area (Å²) in [5.74, 6) is -1.40. The van der Waals surface area contributed by atoms with E-state index in [9.17, 15) is 14.7 Å². The second-order valence-corrected chi connectivity index (χ2v) is 8.61. The Morgan fingerprint density at radius 2 is 1.81 bits per heavy atom. The fraction of sp³-hybridized carbons (Fsp3) is 0.895. The molecule has 7 nitrogen and oxygen atoms in total. The van der Waals surface area contributed by atoms with Crippen molar-refractivity contribution in [3.8, 4) is 0 Å². The van der Waals surface area contributed by atoms with Gasteiger partial charge < -0.3 is 25.2 Å². The van der Waals surface area contributed by atoms with E-state index in [1.807, 2.05) is 13.8 Å². The number of aliphatic hydroxyl groups is 1. The molecule has 0 unspecified atom stereocenters. The molecule has 2 aliphatic rings. The van der Waals surface area contributed by atoms with Crippen molar-refractivity contribution in [3.63, 3.8) is 0 Å². The van der Waals surface area contributed by atoms with Gasteiger partial charge in [-0.05, 0) is 33.1 Å². The normalized spacial score (nSPS) is 26.7. The minimum absolute atomic E-state index is 0.166. The van der Waals surface area contributed by atoms with Gasteiger partial charge in [-0.3, -0.25) is 9.59 Å². The lowest BCUT2D eigenvalue weighted by molar-refractivity contribution is -0.304. The number of carbonyl (C=O) groups is 2. The summed E-state index contributed by atoms with van der Waals surface area (Å²) >= 11 is 0. The molecule has 150 valence electrons. The largest absolute Gasteiger partial charge is 0.383 e. The Balaban J connectivity index is 1.75. The zero-order valence-corrected chi connectivity index (χ0v) is 16.5. The molecule has 2 fully saturated rings. The number of hydrogen-bond donors (Lipinski definition) is 3. The van der Waals surface area contributed by atoms with Gasteiger partial charge in [0.1, 0.15) is 12.2 Å². The molecular weight excluding hydrogens is 336 g/mol. The van der Waals surface area contributed by atoms with Crippen LogP contribution in [0, 0.1) is 5.41 Å². The van der Waals surface area contributed by atoms with Crippen LogP contribution in [-0.2, 0) is 19.1 Å². The number of carbonyl (C=O) groups excluding carboxylic acids is 2. The molecule has 7 heteroatoms. The van der Waals surface area contributed by atoms with Gasteiger partial charge >= 0.3 is 0 Å². The van der Waals surface area contributed by atoms with E-state index in [-0.39, 0.29) is 30.8 Å². The highest BCUT2D eigenvalue weighted by molar-refractivity contribution is 5.82. The summed E-state index contributed by atoms with van der Waals surface area (Å²) in [5.41, 5.74) is -0.448. The minimum atomic E-state index is -1.11. The van der Waals surface area contributed by atoms with E-state index < -0.39 is 23.4 Å². The van der Waals surface area contributed by atoms with Gasteiger partial charge in [0.25, 0.3) is 0 Å². The zero-order valence-electron chi connectivity index (χ0n) is 16.5. The maximum absolute atomic E-state index is 12.5. The Kier molecular flexibility index (Phi) is 7.05. The van der Waals surface area contributed by atoms with Crippen molar-refractivity contribution in [2.45, 2.75) is 90.3 Å². The smallest absolute Gasteiger partial charge is 0.249 e. The first-order valence-corrected chi connectivity index (χ1v) is 9.69. The maximum Gasteiger partial charge on any atom is 0.249 e. The van der Waals surface area contributed by atoms with Gasteiger partial charge in [0.15, 0.2) is 5.79 Å². The molecule has 1 aliphatic carbocycles. The monoisotopic (exact) mass is 370 g/mol. The van der Waals surface area contributed by atoms with Crippen molar-refractivity contribution in [1.29, 1.82) is 0 Å². The van der Waals surface area contributed by atoms with Crippen LogP contribution in [0.2, 0.25) is 0 Å². The minimum Gasteiger partial charge on any atom is -0.383 e. The lowest BCUT2D eigenvalue weighted by Crippen LogP contribution is -2.56. The Hall–Kier alpha value is -1.18. The van der Waals surface area contributed by atoms with Crippen molar-refractivity contribution in [3.05, 3.63) is 0 Å². The van der Waals surface area contributed by atoms with E-state index >= 15 is 0 Å². The first-order chi connectivity index (χ1) is 12.1. The van der Waals surface area contributed by atoms with Crippen molar-refractivity contribution < 1.29 is 24.2 Å². The second-order valence-electron chi connectivity index (χ2n) is 8.61. The summed E-state index contributed by atoms with van der Waals surface area (Å²) in [4.78, 5) is 24.6. The van der Waals surface area contributed by atoms with Gasteiger partial charge in [0.05, 0.1) is 6.61 Å². The van der Waals surface area contributed by atoms with E-state index in [0.717, 1.165) is 25.7 Å². The number of hydrogen-bond acceptors (Lipinski definition) is 5. The van der Waals surface area contributed by atoms with Gasteiger partial charge in [-0.25, -0.2) is 0 Å². The van der Waals surface area contributed by atoms with Crippen molar-refractivity contribution in [1.82, 2.24) is 10.6 Å². The highest BCUT2D eigenvalue weighted by atomic mass is 16.7. The third-order valence-corrected chi connectivity index (χ3v) is 5.11. The number of aliphatic hydroxyl groups excluding tert-OH is 1. The van der Waals surface area contributed by atoms with Crippen molar-refractivity contribution in [2.24, 2.45) is 5.41 Å². The van der Waals surface area contributed by atoms with Crippen LogP contribution < -0.4 is 10.6 Å². The van der Waals surface area contributed by atoms with Crippen LogP contribution in [0.15, 0.2) is 0 Å². The van der Waals surface area contributed by atoms with Gasteiger partial charge in [-0.2, -0.15) is 0 Å². The van der Waals surface area contributed by atoms with E-state index in [2.05, 4.69) is 10.6 Å². The number of rotatable bonds is 6. The molecule has 0 aromatic carbocycles. The summed E-state index contributed by atoms with van der Waals surface area (Å²) in [6.07, 6.45) is 3.82. The van der Waals surface area contributed by atoms with E-state index in [0.29, 0.717) is 6.61 Å². The highest BCUT2D eigenvalue weighted by Crippen LogP contribution is 2.34. The van der Waals surface area contributed by atoms with Crippen LogP contribution in [0.4, 0.5) is 0 Å². The first-order valence-electron chi connectivity index (χ1n) is 9.69. The van der Waals surface area contributed by atoms with Gasteiger partial charge in [0, 0.05) is 18.0 Å². The van der Waals surface area contributed by atoms with Crippen LogP contribution in [0.25, 0.3) is 0 Å². The maximum atomic E-state index is 12.5. The molecule has 1 aliphatic heterocycles. The SMILES string of the molecule is CC1(C)OCC(C)(C)[C@H](C(=O)NCC[C@@H](O)C(=O)NC2CCCCC2)O1. The molecule has 2 rings (SSSR count). The Bertz CT molecular complexity index is 500. The molecular formula is C19H34N2O5. The molecule has 1 heterocycles. The summed E-state index contributed by atoms with van der Waals surface area (Å²) in [6, 6.07) is 0.166. The average molecular weight is 370 g/mol. The predicted octanol–water partition coefficient (Wildman–Crippen LogP) is 1.48. The molecule has 2 atom stereocenters. The van der Waals surface area contributed by atoms with Crippen molar-refractivity contribution in [2.75, 3.05) is 13.2 Å². The van der Waals surface area contributed by atoms with Gasteiger partial charge in [0.2, 0.25) is 11.8 Å². The van der Waals surface area contributed by atoms with E-state index in [1.165, 1.54) is 6.42 Å². The number of ether oxygens (including phenoxy) is 2. The number of amides is 2. The molecule has 1 saturated carbocycles. The summed E-state index contributed by atoms with van der Waals surface area (Å²) in [5, 5.41) is 15.7. The summed E-state index contributed by atoms with van der Waals surface area (Å²) in [7, 11) is 0.